The molecule has 2 aromatic heterocycles. The molecule has 0 bridgehead atoms. The molecule has 1 N–H and O–H groups in total. The van der Waals surface area contributed by atoms with Crippen LogP contribution in [0.15, 0.2) is 82.1 Å². The summed E-state index contributed by atoms with van der Waals surface area (Å²) in [4.78, 5) is 29.3. The van der Waals surface area contributed by atoms with Gasteiger partial charge in [-0.25, -0.2) is 13.8 Å². The molecule has 7 nitrogen and oxygen atoms in total. The van der Waals surface area contributed by atoms with Crippen LogP contribution in [0.5, 0.6) is 0 Å². The molecule has 39 heavy (non-hydrogen) atoms. The molecule has 0 fully saturated rings. The lowest BCUT2D eigenvalue weighted by molar-refractivity contribution is -0.137. The van der Waals surface area contributed by atoms with Crippen molar-refractivity contribution in [2.45, 2.75) is 38.5 Å². The zero-order valence-electron chi connectivity index (χ0n) is 21.1. The van der Waals surface area contributed by atoms with Gasteiger partial charge >= 0.3 is 5.97 Å². The second kappa shape index (κ2) is 11.0. The predicted molar refractivity (Wildman–Crippen MR) is 142 cm³/mol. The van der Waals surface area contributed by atoms with Crippen molar-refractivity contribution in [1.82, 2.24) is 14.7 Å². The highest BCUT2D eigenvalue weighted by molar-refractivity contribution is 5.83. The van der Waals surface area contributed by atoms with Gasteiger partial charge in [-0.3, -0.25) is 14.2 Å². The average molecular weight is 530 g/mol. The third kappa shape index (κ3) is 5.62. The molecule has 0 amide bonds. The molecule has 0 aliphatic rings. The Balaban J connectivity index is 1.52. The van der Waals surface area contributed by atoms with Crippen molar-refractivity contribution < 1.29 is 23.2 Å². The van der Waals surface area contributed by atoms with Gasteiger partial charge in [-0.1, -0.05) is 30.3 Å². The van der Waals surface area contributed by atoms with Crippen molar-refractivity contribution in [3.63, 3.8) is 0 Å². The minimum atomic E-state index is -0.886. The van der Waals surface area contributed by atoms with E-state index in [2.05, 4.69) is 5.16 Å². The van der Waals surface area contributed by atoms with E-state index in [4.69, 9.17) is 14.6 Å². The van der Waals surface area contributed by atoms with Crippen molar-refractivity contribution in [2.24, 2.45) is 0 Å². The Morgan fingerprint density at radius 1 is 0.974 bits per heavy atom. The number of carboxylic acid groups (broad SMARTS) is 1. The topological polar surface area (TPSA) is 98.2 Å². The maximum Gasteiger partial charge on any atom is 0.303 e. The number of aryl methyl sites for hydroxylation is 1. The van der Waals surface area contributed by atoms with Gasteiger partial charge in [0, 0.05) is 30.4 Å². The van der Waals surface area contributed by atoms with E-state index in [0.717, 1.165) is 5.56 Å². The lowest BCUT2D eigenvalue weighted by Crippen LogP contribution is -2.24. The zero-order chi connectivity index (χ0) is 27.5. The van der Waals surface area contributed by atoms with Crippen molar-refractivity contribution >= 4 is 16.9 Å². The number of aromatic nitrogens is 3. The molecule has 2 heterocycles. The lowest BCUT2D eigenvalue weighted by Gasteiger charge is -2.14. The summed E-state index contributed by atoms with van der Waals surface area (Å²) in [5, 5.41) is 13.5. The quantitative estimate of drug-likeness (QED) is 0.226. The largest absolute Gasteiger partial charge is 0.481 e. The molecule has 0 radical (unpaired) electrons. The molecule has 5 rings (SSSR count). The van der Waals surface area contributed by atoms with Crippen LogP contribution in [0, 0.1) is 11.6 Å². The molecule has 0 saturated carbocycles. The molecular formula is C30H25F2N3O4. The number of unbranched alkanes of at least 4 members (excludes halogenated alkanes) is 1. The number of rotatable bonds is 9. The van der Waals surface area contributed by atoms with Gasteiger partial charge in [-0.05, 0) is 66.9 Å². The molecule has 1 atom stereocenters. The predicted octanol–water partition coefficient (Wildman–Crippen LogP) is 6.27. The van der Waals surface area contributed by atoms with Gasteiger partial charge in [0.1, 0.15) is 28.9 Å². The first-order chi connectivity index (χ1) is 18.8. The lowest BCUT2D eigenvalue weighted by atomic mass is 9.98. The Bertz CT molecular complexity index is 1690. The zero-order valence-corrected chi connectivity index (χ0v) is 21.1. The van der Waals surface area contributed by atoms with E-state index in [1.165, 1.54) is 41.0 Å². The molecule has 0 aliphatic carbocycles. The highest BCUT2D eigenvalue weighted by atomic mass is 19.1. The second-order valence-corrected chi connectivity index (χ2v) is 9.37. The molecule has 3 aromatic carbocycles. The number of carboxylic acids is 1. The minimum absolute atomic E-state index is 0.0172. The van der Waals surface area contributed by atoms with Gasteiger partial charge in [-0.15, -0.1) is 0 Å². The first-order valence-corrected chi connectivity index (χ1v) is 12.6. The van der Waals surface area contributed by atoms with Crippen molar-refractivity contribution in [3.05, 3.63) is 112 Å². The average Bonchev–Trinajstić information content (AvgIpc) is 3.42. The van der Waals surface area contributed by atoms with Gasteiger partial charge in [-0.2, -0.15) is 0 Å². The summed E-state index contributed by atoms with van der Waals surface area (Å²) in [5.41, 5.74) is 2.77. The van der Waals surface area contributed by atoms with E-state index >= 15 is 0 Å². The molecule has 0 unspecified atom stereocenters. The number of aliphatic carboxylic acids is 1. The van der Waals surface area contributed by atoms with E-state index in [9.17, 15) is 18.4 Å². The van der Waals surface area contributed by atoms with Crippen LogP contribution in [0.4, 0.5) is 8.78 Å². The van der Waals surface area contributed by atoms with Crippen molar-refractivity contribution in [2.75, 3.05) is 0 Å². The van der Waals surface area contributed by atoms with E-state index in [-0.39, 0.29) is 23.7 Å². The molecule has 0 saturated heterocycles. The smallest absolute Gasteiger partial charge is 0.303 e. The van der Waals surface area contributed by atoms with Crippen molar-refractivity contribution in [3.8, 4) is 16.9 Å². The summed E-state index contributed by atoms with van der Waals surface area (Å²) in [6.45, 7) is 1.94. The highest BCUT2D eigenvalue weighted by Gasteiger charge is 2.18. The Kier molecular flexibility index (Phi) is 7.31. The Morgan fingerprint density at radius 3 is 2.36 bits per heavy atom. The standard InChI is InChI=1S/C30H25F2N3O4/c1-18(19-6-9-21(31)10-7-19)27-17-25(34-39-27)20-8-15-24-26(16-20)33-28(4-2-3-5-29(36)37)35(30(24)38)23-13-11-22(32)12-14-23/h6-18H,2-5H2,1H3,(H,36,37)/t18-/m0/s1. The molecular weight excluding hydrogens is 504 g/mol. The summed E-state index contributed by atoms with van der Waals surface area (Å²) >= 11 is 0. The van der Waals surface area contributed by atoms with Crippen LogP contribution in [-0.4, -0.2) is 25.8 Å². The summed E-state index contributed by atoms with van der Waals surface area (Å²) in [5.74, 6) is -0.710. The fourth-order valence-corrected chi connectivity index (χ4v) is 4.52. The fourth-order valence-electron chi connectivity index (χ4n) is 4.52. The van der Waals surface area contributed by atoms with E-state index < -0.39 is 11.8 Å². The first kappa shape index (κ1) is 26.0. The number of halogens is 2. The Morgan fingerprint density at radius 2 is 1.67 bits per heavy atom. The third-order valence-electron chi connectivity index (χ3n) is 6.69. The van der Waals surface area contributed by atoms with Crippen LogP contribution in [0.2, 0.25) is 0 Å². The summed E-state index contributed by atoms with van der Waals surface area (Å²) in [6, 6.07) is 18.8. The van der Waals surface area contributed by atoms with Gasteiger partial charge in [0.25, 0.3) is 5.56 Å². The molecule has 9 heteroatoms. The molecule has 198 valence electrons. The third-order valence-corrected chi connectivity index (χ3v) is 6.69. The summed E-state index contributed by atoms with van der Waals surface area (Å²) in [6.07, 6.45) is 1.33. The Labute approximate surface area is 222 Å². The number of hydrogen-bond donors (Lipinski definition) is 1. The normalized spacial score (nSPS) is 12.1. The van der Waals surface area contributed by atoms with Gasteiger partial charge in [0.05, 0.1) is 16.6 Å². The number of benzene rings is 3. The molecule has 0 aliphatic heterocycles. The van der Waals surface area contributed by atoms with E-state index in [1.807, 2.05) is 13.0 Å². The van der Waals surface area contributed by atoms with Crippen LogP contribution in [0.1, 0.15) is 49.3 Å². The number of hydrogen-bond acceptors (Lipinski definition) is 5. The summed E-state index contributed by atoms with van der Waals surface area (Å²) in [7, 11) is 0. The van der Waals surface area contributed by atoms with Gasteiger partial charge in [0.2, 0.25) is 0 Å². The van der Waals surface area contributed by atoms with Gasteiger partial charge in [0.15, 0.2) is 0 Å². The Hall–Kier alpha value is -4.66. The van der Waals surface area contributed by atoms with Crippen LogP contribution < -0.4 is 5.56 Å². The molecule has 5 aromatic rings. The SMILES string of the molecule is C[C@@H](c1ccc(F)cc1)c1cc(-c2ccc3c(=O)n(-c4ccc(F)cc4)c(CCCCC(=O)O)nc3c2)no1. The van der Waals surface area contributed by atoms with Gasteiger partial charge < -0.3 is 9.63 Å². The fraction of sp³-hybridized carbons (Fsp3) is 0.200. The van der Waals surface area contributed by atoms with Crippen LogP contribution in [-0.2, 0) is 11.2 Å². The van der Waals surface area contributed by atoms with Crippen LogP contribution >= 0.6 is 0 Å². The maximum atomic E-state index is 13.6. The molecule has 0 spiro atoms. The number of carbonyl (C=O) groups is 1. The number of fused-ring (bicyclic) bond motifs is 1. The number of nitrogens with zero attached hydrogens (tertiary/aromatic N) is 3. The van der Waals surface area contributed by atoms with Crippen molar-refractivity contribution in [1.29, 1.82) is 0 Å². The monoisotopic (exact) mass is 529 g/mol. The van der Waals surface area contributed by atoms with Crippen LogP contribution in [0.25, 0.3) is 27.8 Å². The van der Waals surface area contributed by atoms with E-state index in [1.54, 1.807) is 30.3 Å². The van der Waals surface area contributed by atoms with Crippen LogP contribution in [0.3, 0.4) is 0 Å². The highest BCUT2D eigenvalue weighted by Crippen LogP contribution is 2.29. The minimum Gasteiger partial charge on any atom is -0.481 e. The summed E-state index contributed by atoms with van der Waals surface area (Å²) < 4.78 is 33.9. The van der Waals surface area contributed by atoms with E-state index in [0.29, 0.717) is 58.7 Å². The maximum absolute atomic E-state index is 13.6. The first-order valence-electron chi connectivity index (χ1n) is 12.6. The second-order valence-electron chi connectivity index (χ2n) is 9.37.